The number of ether oxygens (including phenoxy) is 1. The molecule has 0 atom stereocenters. The van der Waals surface area contributed by atoms with Gasteiger partial charge in [0.05, 0.1) is 29.8 Å². The standard InChI is InChI=1S/C12H13ClN2O4S/c1-8-6-14-12(19-8)7-15-20(16,17)9-3-4-11(18-2)10(13)5-9/h3-6,15H,7H2,1-2H3. The highest BCUT2D eigenvalue weighted by atomic mass is 35.5. The molecule has 0 saturated carbocycles. The van der Waals surface area contributed by atoms with Crippen molar-refractivity contribution in [2.45, 2.75) is 18.4 Å². The Morgan fingerprint density at radius 3 is 2.75 bits per heavy atom. The number of sulfonamides is 1. The molecule has 0 bridgehead atoms. The average molecular weight is 317 g/mol. The van der Waals surface area contributed by atoms with Crippen LogP contribution in [-0.4, -0.2) is 20.5 Å². The molecule has 0 saturated heterocycles. The summed E-state index contributed by atoms with van der Waals surface area (Å²) >= 11 is 5.91. The van der Waals surface area contributed by atoms with Crippen molar-refractivity contribution in [1.82, 2.24) is 9.71 Å². The van der Waals surface area contributed by atoms with E-state index in [0.29, 0.717) is 17.4 Å². The van der Waals surface area contributed by atoms with Crippen molar-refractivity contribution in [3.8, 4) is 5.75 Å². The van der Waals surface area contributed by atoms with Gasteiger partial charge in [0, 0.05) is 0 Å². The van der Waals surface area contributed by atoms with E-state index in [0.717, 1.165) is 0 Å². The second kappa shape index (κ2) is 5.82. The SMILES string of the molecule is COc1ccc(S(=O)(=O)NCc2ncc(C)o2)cc1Cl. The first kappa shape index (κ1) is 14.8. The van der Waals surface area contributed by atoms with Crippen molar-refractivity contribution in [2.75, 3.05) is 7.11 Å². The van der Waals surface area contributed by atoms with Crippen molar-refractivity contribution >= 4 is 21.6 Å². The predicted molar refractivity (Wildman–Crippen MR) is 73.3 cm³/mol. The lowest BCUT2D eigenvalue weighted by molar-refractivity contribution is 0.414. The lowest BCUT2D eigenvalue weighted by atomic mass is 10.3. The molecule has 0 amide bonds. The molecule has 0 aliphatic heterocycles. The van der Waals surface area contributed by atoms with Crippen LogP contribution in [0.3, 0.4) is 0 Å². The largest absolute Gasteiger partial charge is 0.495 e. The van der Waals surface area contributed by atoms with Crippen molar-refractivity contribution in [1.29, 1.82) is 0 Å². The minimum Gasteiger partial charge on any atom is -0.495 e. The molecule has 0 unspecified atom stereocenters. The Hall–Kier alpha value is -1.57. The number of rotatable bonds is 5. The molecule has 0 fully saturated rings. The molecule has 1 aromatic carbocycles. The monoisotopic (exact) mass is 316 g/mol. The number of hydrogen-bond donors (Lipinski definition) is 1. The third-order valence-corrected chi connectivity index (χ3v) is 4.21. The summed E-state index contributed by atoms with van der Waals surface area (Å²) in [5.41, 5.74) is 0. The van der Waals surface area contributed by atoms with Gasteiger partial charge in [-0.2, -0.15) is 0 Å². The van der Waals surface area contributed by atoms with Gasteiger partial charge in [-0.1, -0.05) is 11.6 Å². The maximum Gasteiger partial charge on any atom is 0.241 e. The van der Waals surface area contributed by atoms with Crippen molar-refractivity contribution in [2.24, 2.45) is 0 Å². The molecule has 2 rings (SSSR count). The Morgan fingerprint density at radius 2 is 2.20 bits per heavy atom. The van der Waals surface area contributed by atoms with E-state index < -0.39 is 10.0 Å². The maximum absolute atomic E-state index is 12.1. The molecular weight excluding hydrogens is 304 g/mol. The molecule has 0 aliphatic rings. The van der Waals surface area contributed by atoms with Gasteiger partial charge < -0.3 is 9.15 Å². The van der Waals surface area contributed by atoms with Crippen LogP contribution in [0.15, 0.2) is 33.7 Å². The van der Waals surface area contributed by atoms with E-state index in [1.807, 2.05) is 0 Å². The number of hydrogen-bond acceptors (Lipinski definition) is 5. The van der Waals surface area contributed by atoms with Crippen LogP contribution in [0.2, 0.25) is 5.02 Å². The van der Waals surface area contributed by atoms with Gasteiger partial charge in [0.25, 0.3) is 0 Å². The molecule has 0 radical (unpaired) electrons. The normalized spacial score (nSPS) is 11.6. The van der Waals surface area contributed by atoms with Crippen LogP contribution < -0.4 is 9.46 Å². The number of aromatic nitrogens is 1. The zero-order valence-electron chi connectivity index (χ0n) is 10.9. The highest BCUT2D eigenvalue weighted by Gasteiger charge is 2.16. The fraction of sp³-hybridized carbons (Fsp3) is 0.250. The van der Waals surface area contributed by atoms with Gasteiger partial charge in [0.1, 0.15) is 11.5 Å². The summed E-state index contributed by atoms with van der Waals surface area (Å²) in [5, 5.41) is 0.224. The number of benzene rings is 1. The summed E-state index contributed by atoms with van der Waals surface area (Å²) in [4.78, 5) is 3.97. The highest BCUT2D eigenvalue weighted by molar-refractivity contribution is 7.89. The maximum atomic E-state index is 12.1. The summed E-state index contributed by atoms with van der Waals surface area (Å²) in [7, 11) is -2.23. The first-order chi connectivity index (χ1) is 9.42. The van der Waals surface area contributed by atoms with Gasteiger partial charge in [0.15, 0.2) is 0 Å². The van der Waals surface area contributed by atoms with E-state index in [1.165, 1.54) is 31.5 Å². The Morgan fingerprint density at radius 1 is 1.45 bits per heavy atom. The lowest BCUT2D eigenvalue weighted by Gasteiger charge is -2.07. The van der Waals surface area contributed by atoms with E-state index in [1.54, 1.807) is 6.92 Å². The van der Waals surface area contributed by atoms with Crippen molar-refractivity contribution < 1.29 is 17.6 Å². The molecule has 8 heteroatoms. The van der Waals surface area contributed by atoms with Crippen LogP contribution in [0, 0.1) is 6.92 Å². The molecule has 20 heavy (non-hydrogen) atoms. The van der Waals surface area contributed by atoms with Crippen LogP contribution in [0.25, 0.3) is 0 Å². The third kappa shape index (κ3) is 3.30. The molecule has 1 N–H and O–H groups in total. The number of nitrogens with one attached hydrogen (secondary N) is 1. The van der Waals surface area contributed by atoms with Crippen molar-refractivity contribution in [3.63, 3.8) is 0 Å². The second-order valence-corrected chi connectivity index (χ2v) is 6.16. The Labute approximate surface area is 121 Å². The molecule has 6 nitrogen and oxygen atoms in total. The zero-order chi connectivity index (χ0) is 14.8. The number of halogens is 1. The number of aryl methyl sites for hydroxylation is 1. The quantitative estimate of drug-likeness (QED) is 0.913. The topological polar surface area (TPSA) is 81.4 Å². The van der Waals surface area contributed by atoms with Gasteiger partial charge in [-0.3, -0.25) is 0 Å². The summed E-state index contributed by atoms with van der Waals surface area (Å²) in [6.45, 7) is 1.70. The first-order valence-electron chi connectivity index (χ1n) is 5.67. The molecule has 108 valence electrons. The van der Waals surface area contributed by atoms with Crippen LogP contribution >= 0.6 is 11.6 Å². The van der Waals surface area contributed by atoms with Gasteiger partial charge in [-0.25, -0.2) is 18.1 Å². The van der Waals surface area contributed by atoms with Gasteiger partial charge in [0.2, 0.25) is 15.9 Å². The minimum atomic E-state index is -3.69. The summed E-state index contributed by atoms with van der Waals surface area (Å²) in [5.74, 6) is 1.33. The van der Waals surface area contributed by atoms with Crippen LogP contribution in [-0.2, 0) is 16.6 Å². The summed E-state index contributed by atoms with van der Waals surface area (Å²) < 4.78 is 36.7. The minimum absolute atomic E-state index is 0.0280. The first-order valence-corrected chi connectivity index (χ1v) is 7.53. The fourth-order valence-electron chi connectivity index (χ4n) is 1.54. The Bertz CT molecular complexity index is 712. The smallest absolute Gasteiger partial charge is 0.241 e. The average Bonchev–Trinajstić information content (AvgIpc) is 2.82. The Kier molecular flexibility index (Phi) is 4.32. The molecule has 0 spiro atoms. The Balaban J connectivity index is 2.15. The van der Waals surface area contributed by atoms with Crippen LogP contribution in [0.1, 0.15) is 11.7 Å². The summed E-state index contributed by atoms with van der Waals surface area (Å²) in [6.07, 6.45) is 1.52. The van der Waals surface area contributed by atoms with E-state index in [4.69, 9.17) is 20.8 Å². The third-order valence-electron chi connectivity index (χ3n) is 2.52. The molecule has 1 heterocycles. The fourth-order valence-corrected chi connectivity index (χ4v) is 2.86. The molecule has 1 aromatic heterocycles. The van der Waals surface area contributed by atoms with Crippen molar-refractivity contribution in [3.05, 3.63) is 41.1 Å². The van der Waals surface area contributed by atoms with Crippen LogP contribution in [0.5, 0.6) is 5.75 Å². The zero-order valence-corrected chi connectivity index (χ0v) is 12.5. The van der Waals surface area contributed by atoms with Gasteiger partial charge in [-0.15, -0.1) is 0 Å². The van der Waals surface area contributed by atoms with Crippen LogP contribution in [0.4, 0.5) is 0 Å². The number of nitrogens with zero attached hydrogens (tertiary/aromatic N) is 1. The van der Waals surface area contributed by atoms with E-state index in [2.05, 4.69) is 9.71 Å². The highest BCUT2D eigenvalue weighted by Crippen LogP contribution is 2.26. The van der Waals surface area contributed by atoms with Gasteiger partial charge in [-0.05, 0) is 25.1 Å². The second-order valence-electron chi connectivity index (χ2n) is 3.99. The summed E-state index contributed by atoms with van der Waals surface area (Å²) in [6, 6.07) is 4.23. The van der Waals surface area contributed by atoms with E-state index in [-0.39, 0.29) is 16.5 Å². The molecular formula is C12H13ClN2O4S. The molecule has 0 aliphatic carbocycles. The number of oxazole rings is 1. The van der Waals surface area contributed by atoms with Gasteiger partial charge >= 0.3 is 0 Å². The lowest BCUT2D eigenvalue weighted by Crippen LogP contribution is -2.23. The van der Waals surface area contributed by atoms with E-state index >= 15 is 0 Å². The molecule has 2 aromatic rings. The predicted octanol–water partition coefficient (Wildman–Crippen LogP) is 2.12. The number of methoxy groups -OCH3 is 1. The van der Waals surface area contributed by atoms with E-state index in [9.17, 15) is 8.42 Å².